The molecule has 2 N–H and O–H groups in total. The lowest BCUT2D eigenvalue weighted by atomic mass is 10.0. The standard InChI is InChI=1S/C11H19N3O/c12-8-11(13-5-1-7-15)4-6-14(9-11)10-2-3-10/h10,13,15H,1-7,9H2. The predicted octanol–water partition coefficient (Wildman–Crippen LogP) is 0.0889. The van der Waals surface area contributed by atoms with E-state index in [9.17, 15) is 5.26 Å². The lowest BCUT2D eigenvalue weighted by Gasteiger charge is -2.23. The maximum absolute atomic E-state index is 9.23. The SMILES string of the molecule is N#CC1(NCCCO)CCN(C2CC2)C1. The number of likely N-dealkylation sites (tertiary alicyclic amines) is 1. The molecule has 2 rings (SSSR count). The Morgan fingerprint density at radius 2 is 2.33 bits per heavy atom. The molecule has 1 heterocycles. The molecule has 2 aliphatic rings. The number of hydrogen-bond donors (Lipinski definition) is 2. The molecule has 0 bridgehead atoms. The fraction of sp³-hybridized carbons (Fsp3) is 0.909. The molecular formula is C11H19N3O. The lowest BCUT2D eigenvalue weighted by molar-refractivity contribution is 0.271. The van der Waals surface area contributed by atoms with Gasteiger partial charge in [-0.1, -0.05) is 0 Å². The number of nitriles is 1. The second-order valence-electron chi connectivity index (χ2n) is 4.65. The van der Waals surface area contributed by atoms with Gasteiger partial charge in [0.2, 0.25) is 0 Å². The molecule has 0 radical (unpaired) electrons. The van der Waals surface area contributed by atoms with Crippen LogP contribution in [-0.2, 0) is 0 Å². The van der Waals surface area contributed by atoms with Crippen molar-refractivity contribution in [2.24, 2.45) is 0 Å². The molecule has 0 amide bonds. The van der Waals surface area contributed by atoms with Crippen LogP contribution in [0, 0.1) is 11.3 Å². The third-order valence-electron chi connectivity index (χ3n) is 3.37. The molecule has 1 saturated heterocycles. The van der Waals surface area contributed by atoms with Gasteiger partial charge in [-0.15, -0.1) is 0 Å². The fourth-order valence-corrected chi connectivity index (χ4v) is 2.27. The molecule has 2 fully saturated rings. The van der Waals surface area contributed by atoms with Gasteiger partial charge in [0.1, 0.15) is 5.54 Å². The normalized spacial score (nSPS) is 31.7. The third-order valence-corrected chi connectivity index (χ3v) is 3.37. The number of nitrogens with zero attached hydrogens (tertiary/aromatic N) is 2. The largest absolute Gasteiger partial charge is 0.396 e. The first-order chi connectivity index (χ1) is 7.29. The van der Waals surface area contributed by atoms with E-state index in [0.29, 0.717) is 0 Å². The average Bonchev–Trinajstić information content (AvgIpc) is 3.02. The summed E-state index contributed by atoms with van der Waals surface area (Å²) < 4.78 is 0. The summed E-state index contributed by atoms with van der Waals surface area (Å²) >= 11 is 0. The highest BCUT2D eigenvalue weighted by Gasteiger charge is 2.43. The van der Waals surface area contributed by atoms with Crippen molar-refractivity contribution in [1.29, 1.82) is 5.26 Å². The van der Waals surface area contributed by atoms with Gasteiger partial charge in [-0.3, -0.25) is 10.2 Å². The summed E-state index contributed by atoms with van der Waals surface area (Å²) in [6.07, 6.45) is 4.26. The van der Waals surface area contributed by atoms with Gasteiger partial charge in [-0.05, 0) is 32.2 Å². The van der Waals surface area contributed by atoms with Gasteiger partial charge in [0.05, 0.1) is 6.07 Å². The molecule has 1 unspecified atom stereocenters. The molecule has 1 saturated carbocycles. The van der Waals surface area contributed by atoms with E-state index in [1.54, 1.807) is 0 Å². The van der Waals surface area contributed by atoms with Crippen molar-refractivity contribution in [1.82, 2.24) is 10.2 Å². The highest BCUT2D eigenvalue weighted by atomic mass is 16.3. The van der Waals surface area contributed by atoms with E-state index in [-0.39, 0.29) is 12.1 Å². The van der Waals surface area contributed by atoms with Gasteiger partial charge in [-0.25, -0.2) is 0 Å². The average molecular weight is 209 g/mol. The van der Waals surface area contributed by atoms with Gasteiger partial charge in [-0.2, -0.15) is 5.26 Å². The quantitative estimate of drug-likeness (QED) is 0.630. The van der Waals surface area contributed by atoms with E-state index in [4.69, 9.17) is 5.11 Å². The van der Waals surface area contributed by atoms with E-state index in [2.05, 4.69) is 16.3 Å². The van der Waals surface area contributed by atoms with Crippen LogP contribution in [0.5, 0.6) is 0 Å². The van der Waals surface area contributed by atoms with Crippen LogP contribution >= 0.6 is 0 Å². The molecule has 1 aliphatic carbocycles. The van der Waals surface area contributed by atoms with Gasteiger partial charge < -0.3 is 5.11 Å². The number of aliphatic hydroxyl groups excluding tert-OH is 1. The Morgan fingerprint density at radius 3 is 2.93 bits per heavy atom. The molecule has 15 heavy (non-hydrogen) atoms. The van der Waals surface area contributed by atoms with Crippen molar-refractivity contribution < 1.29 is 5.11 Å². The Hall–Kier alpha value is -0.630. The van der Waals surface area contributed by atoms with Crippen molar-refractivity contribution in [2.45, 2.75) is 37.3 Å². The van der Waals surface area contributed by atoms with Crippen LogP contribution < -0.4 is 5.32 Å². The van der Waals surface area contributed by atoms with Crippen LogP contribution in [0.25, 0.3) is 0 Å². The highest BCUT2D eigenvalue weighted by molar-refractivity contribution is 5.14. The summed E-state index contributed by atoms with van der Waals surface area (Å²) in [6.45, 7) is 2.84. The van der Waals surface area contributed by atoms with Crippen LogP contribution in [0.4, 0.5) is 0 Å². The molecule has 84 valence electrons. The predicted molar refractivity (Wildman–Crippen MR) is 57.3 cm³/mol. The molecular weight excluding hydrogens is 190 g/mol. The van der Waals surface area contributed by atoms with E-state index in [1.165, 1.54) is 12.8 Å². The van der Waals surface area contributed by atoms with Crippen molar-refractivity contribution in [2.75, 3.05) is 26.2 Å². The fourth-order valence-electron chi connectivity index (χ4n) is 2.27. The van der Waals surface area contributed by atoms with E-state index >= 15 is 0 Å². The van der Waals surface area contributed by atoms with Crippen LogP contribution in [0.3, 0.4) is 0 Å². The van der Waals surface area contributed by atoms with Crippen LogP contribution in [0.2, 0.25) is 0 Å². The molecule has 1 aliphatic heterocycles. The lowest BCUT2D eigenvalue weighted by Crippen LogP contribution is -2.47. The number of hydrogen-bond acceptors (Lipinski definition) is 4. The van der Waals surface area contributed by atoms with Gasteiger partial charge >= 0.3 is 0 Å². The smallest absolute Gasteiger partial charge is 0.120 e. The van der Waals surface area contributed by atoms with Crippen LogP contribution in [-0.4, -0.2) is 47.8 Å². The summed E-state index contributed by atoms with van der Waals surface area (Å²) in [6, 6.07) is 3.16. The Labute approximate surface area is 90.9 Å². The molecule has 1 atom stereocenters. The number of rotatable bonds is 5. The topological polar surface area (TPSA) is 59.3 Å². The Bertz CT molecular complexity index is 259. The molecule has 4 heteroatoms. The van der Waals surface area contributed by atoms with E-state index in [1.807, 2.05) is 0 Å². The van der Waals surface area contributed by atoms with Crippen LogP contribution in [0.1, 0.15) is 25.7 Å². The first-order valence-corrected chi connectivity index (χ1v) is 5.81. The monoisotopic (exact) mass is 209 g/mol. The van der Waals surface area contributed by atoms with E-state index in [0.717, 1.165) is 38.5 Å². The molecule has 0 aromatic heterocycles. The van der Waals surface area contributed by atoms with Gasteiger partial charge in [0, 0.05) is 25.7 Å². The van der Waals surface area contributed by atoms with Gasteiger partial charge in [0.25, 0.3) is 0 Å². The number of aliphatic hydroxyl groups is 1. The minimum absolute atomic E-state index is 0.195. The first kappa shape index (κ1) is 10.9. The van der Waals surface area contributed by atoms with Crippen molar-refractivity contribution in [3.8, 4) is 6.07 Å². The maximum Gasteiger partial charge on any atom is 0.120 e. The zero-order chi connectivity index (χ0) is 10.7. The van der Waals surface area contributed by atoms with Gasteiger partial charge in [0.15, 0.2) is 0 Å². The zero-order valence-electron chi connectivity index (χ0n) is 9.08. The minimum Gasteiger partial charge on any atom is -0.396 e. The summed E-state index contributed by atoms with van der Waals surface area (Å²) in [5.41, 5.74) is -0.349. The summed E-state index contributed by atoms with van der Waals surface area (Å²) in [5, 5.41) is 21.2. The second-order valence-corrected chi connectivity index (χ2v) is 4.65. The van der Waals surface area contributed by atoms with Crippen molar-refractivity contribution >= 4 is 0 Å². The molecule has 0 aromatic rings. The van der Waals surface area contributed by atoms with Crippen molar-refractivity contribution in [3.63, 3.8) is 0 Å². The zero-order valence-corrected chi connectivity index (χ0v) is 9.08. The summed E-state index contributed by atoms with van der Waals surface area (Å²) in [4.78, 5) is 2.43. The molecule has 0 aromatic carbocycles. The summed E-state index contributed by atoms with van der Waals surface area (Å²) in [7, 11) is 0. The Kier molecular flexibility index (Phi) is 3.25. The van der Waals surface area contributed by atoms with Crippen LogP contribution in [0.15, 0.2) is 0 Å². The Balaban J connectivity index is 1.84. The Morgan fingerprint density at radius 1 is 1.53 bits per heavy atom. The minimum atomic E-state index is -0.349. The third kappa shape index (κ3) is 2.49. The second kappa shape index (κ2) is 4.48. The van der Waals surface area contributed by atoms with Crippen molar-refractivity contribution in [3.05, 3.63) is 0 Å². The van der Waals surface area contributed by atoms with E-state index < -0.39 is 0 Å². The molecule has 4 nitrogen and oxygen atoms in total. The molecule has 0 spiro atoms. The first-order valence-electron chi connectivity index (χ1n) is 5.81. The maximum atomic E-state index is 9.23. The highest BCUT2D eigenvalue weighted by Crippen LogP contribution is 2.33. The number of nitrogens with one attached hydrogen (secondary N) is 1. The summed E-state index contributed by atoms with van der Waals surface area (Å²) in [5.74, 6) is 0.